The van der Waals surface area contributed by atoms with Crippen LogP contribution in [0, 0.1) is 0 Å². The van der Waals surface area contributed by atoms with Gasteiger partial charge in [0.15, 0.2) is 5.65 Å². The Kier molecular flexibility index (Phi) is 3.83. The number of fused-ring (bicyclic) bond motifs is 1. The van der Waals surface area contributed by atoms with E-state index in [1.165, 1.54) is 4.52 Å². The maximum atomic E-state index is 12.2. The summed E-state index contributed by atoms with van der Waals surface area (Å²) in [6, 6.07) is 11.0. The molecule has 0 unspecified atom stereocenters. The van der Waals surface area contributed by atoms with Gasteiger partial charge in [0.2, 0.25) is 0 Å². The predicted molar refractivity (Wildman–Crippen MR) is 80.5 cm³/mol. The first kappa shape index (κ1) is 13.6. The molecule has 0 atom stereocenters. The molecule has 5 nitrogen and oxygen atoms in total. The number of amides is 1. The molecular weight excluding hydrogens is 288 g/mol. The van der Waals surface area contributed by atoms with E-state index in [2.05, 4.69) is 15.4 Å². The topological polar surface area (TPSA) is 59.3 Å². The Labute approximate surface area is 126 Å². The second kappa shape index (κ2) is 5.93. The summed E-state index contributed by atoms with van der Waals surface area (Å²) in [6.45, 7) is 0.532. The summed E-state index contributed by atoms with van der Waals surface area (Å²) in [5.41, 5.74) is 2.20. The van der Waals surface area contributed by atoms with Crippen LogP contribution in [0.2, 0.25) is 5.02 Å². The summed E-state index contributed by atoms with van der Waals surface area (Å²) in [6.07, 6.45) is 3.94. The molecule has 1 aromatic carbocycles. The van der Waals surface area contributed by atoms with E-state index in [1.54, 1.807) is 24.5 Å². The first-order valence-corrected chi connectivity index (χ1v) is 6.93. The quantitative estimate of drug-likeness (QED) is 0.804. The maximum absolute atomic E-state index is 12.2. The number of carbonyl (C=O) groups is 1. The number of benzene rings is 1. The molecule has 2 heterocycles. The van der Waals surface area contributed by atoms with Gasteiger partial charge in [-0.3, -0.25) is 4.79 Å². The van der Waals surface area contributed by atoms with Gasteiger partial charge < -0.3 is 5.32 Å². The summed E-state index contributed by atoms with van der Waals surface area (Å²) in [5.74, 6) is -0.173. The van der Waals surface area contributed by atoms with E-state index in [-0.39, 0.29) is 5.91 Å². The molecule has 0 radical (unpaired) electrons. The van der Waals surface area contributed by atoms with Crippen LogP contribution < -0.4 is 5.32 Å². The minimum absolute atomic E-state index is 0.173. The van der Waals surface area contributed by atoms with E-state index < -0.39 is 0 Å². The van der Waals surface area contributed by atoms with Gasteiger partial charge in [0.1, 0.15) is 5.69 Å². The summed E-state index contributed by atoms with van der Waals surface area (Å²) in [4.78, 5) is 16.3. The highest BCUT2D eigenvalue weighted by atomic mass is 35.5. The van der Waals surface area contributed by atoms with E-state index in [0.717, 1.165) is 12.0 Å². The number of halogens is 1. The molecule has 0 saturated heterocycles. The lowest BCUT2D eigenvalue weighted by Gasteiger charge is -2.07. The molecule has 0 fully saturated rings. The van der Waals surface area contributed by atoms with Gasteiger partial charge in [-0.05, 0) is 30.2 Å². The largest absolute Gasteiger partial charge is 0.350 e. The van der Waals surface area contributed by atoms with Gasteiger partial charge in [-0.15, -0.1) is 0 Å². The predicted octanol–water partition coefficient (Wildman–Crippen LogP) is 2.36. The monoisotopic (exact) mass is 300 g/mol. The number of hydrogen-bond donors (Lipinski definition) is 1. The second-order valence-corrected chi connectivity index (χ2v) is 5.00. The van der Waals surface area contributed by atoms with Crippen molar-refractivity contribution >= 4 is 23.2 Å². The van der Waals surface area contributed by atoms with Crippen molar-refractivity contribution in [2.45, 2.75) is 6.42 Å². The number of carbonyl (C=O) groups excluding carboxylic acids is 1. The zero-order chi connectivity index (χ0) is 14.7. The zero-order valence-corrected chi connectivity index (χ0v) is 11.9. The number of nitrogens with zero attached hydrogens (tertiary/aromatic N) is 3. The number of rotatable bonds is 4. The van der Waals surface area contributed by atoms with Crippen molar-refractivity contribution < 1.29 is 4.79 Å². The van der Waals surface area contributed by atoms with E-state index >= 15 is 0 Å². The number of aromatic nitrogens is 3. The Balaban J connectivity index is 1.65. The van der Waals surface area contributed by atoms with E-state index in [0.29, 0.717) is 22.9 Å². The lowest BCUT2D eigenvalue weighted by Crippen LogP contribution is -2.27. The Bertz CT molecular complexity index is 784. The van der Waals surface area contributed by atoms with Crippen LogP contribution >= 0.6 is 11.6 Å². The standard InChI is InChI=1S/C15H13ClN4O/c16-12-3-1-2-11(10-12)4-7-18-15(21)13-5-8-17-14-6-9-19-20(13)14/h1-3,5-6,8-10H,4,7H2,(H,18,21). The molecule has 1 N–H and O–H groups in total. The molecule has 0 spiro atoms. The molecule has 3 rings (SSSR count). The third kappa shape index (κ3) is 3.03. The van der Waals surface area contributed by atoms with Crippen LogP contribution in [-0.2, 0) is 6.42 Å². The molecule has 3 aromatic rings. The van der Waals surface area contributed by atoms with Gasteiger partial charge in [-0.1, -0.05) is 23.7 Å². The average Bonchev–Trinajstić information content (AvgIpc) is 2.95. The Morgan fingerprint density at radius 3 is 3.00 bits per heavy atom. The molecule has 0 aliphatic rings. The van der Waals surface area contributed by atoms with Gasteiger partial charge in [0.05, 0.1) is 6.20 Å². The van der Waals surface area contributed by atoms with E-state index in [1.807, 2.05) is 24.3 Å². The van der Waals surface area contributed by atoms with Crippen LogP contribution in [0.3, 0.4) is 0 Å². The zero-order valence-electron chi connectivity index (χ0n) is 11.2. The highest BCUT2D eigenvalue weighted by Gasteiger charge is 2.10. The van der Waals surface area contributed by atoms with Gasteiger partial charge in [0.25, 0.3) is 5.91 Å². The lowest BCUT2D eigenvalue weighted by atomic mass is 10.1. The Morgan fingerprint density at radius 1 is 1.24 bits per heavy atom. The third-order valence-corrected chi connectivity index (χ3v) is 3.35. The van der Waals surface area contributed by atoms with Crippen molar-refractivity contribution in [3.8, 4) is 0 Å². The Morgan fingerprint density at radius 2 is 2.14 bits per heavy atom. The van der Waals surface area contributed by atoms with Crippen LogP contribution in [-0.4, -0.2) is 27.0 Å². The van der Waals surface area contributed by atoms with E-state index in [9.17, 15) is 4.79 Å². The van der Waals surface area contributed by atoms with Crippen molar-refractivity contribution in [1.29, 1.82) is 0 Å². The fourth-order valence-electron chi connectivity index (χ4n) is 2.11. The number of hydrogen-bond acceptors (Lipinski definition) is 3. The van der Waals surface area contributed by atoms with Crippen LogP contribution in [0.4, 0.5) is 0 Å². The summed E-state index contributed by atoms with van der Waals surface area (Å²) in [5, 5.41) is 7.67. The minimum atomic E-state index is -0.173. The molecule has 0 saturated carbocycles. The maximum Gasteiger partial charge on any atom is 0.270 e. The average molecular weight is 301 g/mol. The normalized spacial score (nSPS) is 10.7. The van der Waals surface area contributed by atoms with Crippen molar-refractivity contribution in [3.63, 3.8) is 0 Å². The number of nitrogens with one attached hydrogen (secondary N) is 1. The first-order valence-electron chi connectivity index (χ1n) is 6.55. The summed E-state index contributed by atoms with van der Waals surface area (Å²) < 4.78 is 1.52. The fourth-order valence-corrected chi connectivity index (χ4v) is 2.32. The molecule has 0 aliphatic carbocycles. The molecule has 6 heteroatoms. The fraction of sp³-hybridized carbons (Fsp3) is 0.133. The summed E-state index contributed by atoms with van der Waals surface area (Å²) in [7, 11) is 0. The molecule has 0 aliphatic heterocycles. The minimum Gasteiger partial charge on any atom is -0.350 e. The van der Waals surface area contributed by atoms with E-state index in [4.69, 9.17) is 11.6 Å². The van der Waals surface area contributed by atoms with Gasteiger partial charge in [-0.2, -0.15) is 5.10 Å². The van der Waals surface area contributed by atoms with Gasteiger partial charge >= 0.3 is 0 Å². The molecule has 0 bridgehead atoms. The van der Waals surface area contributed by atoms with Crippen LogP contribution in [0.15, 0.2) is 48.8 Å². The molecule has 2 aromatic heterocycles. The van der Waals surface area contributed by atoms with Crippen molar-refractivity contribution in [1.82, 2.24) is 19.9 Å². The highest BCUT2D eigenvalue weighted by Crippen LogP contribution is 2.10. The van der Waals surface area contributed by atoms with Crippen molar-refractivity contribution in [2.75, 3.05) is 6.54 Å². The lowest BCUT2D eigenvalue weighted by molar-refractivity contribution is 0.0946. The third-order valence-electron chi connectivity index (χ3n) is 3.11. The van der Waals surface area contributed by atoms with Crippen molar-refractivity contribution in [3.05, 3.63) is 65.1 Å². The van der Waals surface area contributed by atoms with Crippen LogP contribution in [0.1, 0.15) is 16.1 Å². The van der Waals surface area contributed by atoms with Gasteiger partial charge in [0, 0.05) is 23.8 Å². The first-order chi connectivity index (χ1) is 10.2. The second-order valence-electron chi connectivity index (χ2n) is 4.57. The van der Waals surface area contributed by atoms with Crippen LogP contribution in [0.25, 0.3) is 5.65 Å². The SMILES string of the molecule is O=C(NCCc1cccc(Cl)c1)c1ccnc2ccnn12. The highest BCUT2D eigenvalue weighted by molar-refractivity contribution is 6.30. The molecule has 106 valence electrons. The van der Waals surface area contributed by atoms with Gasteiger partial charge in [-0.25, -0.2) is 9.50 Å². The smallest absolute Gasteiger partial charge is 0.270 e. The van der Waals surface area contributed by atoms with Crippen LogP contribution in [0.5, 0.6) is 0 Å². The summed E-state index contributed by atoms with van der Waals surface area (Å²) >= 11 is 5.93. The molecule has 21 heavy (non-hydrogen) atoms. The molecular formula is C15H13ClN4O. The molecule has 1 amide bonds. The Hall–Kier alpha value is -2.40. The van der Waals surface area contributed by atoms with Crippen molar-refractivity contribution in [2.24, 2.45) is 0 Å².